The molecule has 0 saturated heterocycles. The first-order chi connectivity index (χ1) is 8.69. The Kier molecular flexibility index (Phi) is 7.56. The Bertz CT molecular complexity index is 297. The van der Waals surface area contributed by atoms with E-state index in [4.69, 9.17) is 4.74 Å². The average molecular weight is 269 g/mol. The van der Waals surface area contributed by atoms with E-state index >= 15 is 0 Å². The molecule has 2 atom stereocenters. The molecular formula is C15H27NOS. The highest BCUT2D eigenvalue weighted by atomic mass is 32.1. The van der Waals surface area contributed by atoms with E-state index in [1.165, 1.54) is 4.88 Å². The fourth-order valence-corrected chi connectivity index (χ4v) is 3.09. The third kappa shape index (κ3) is 5.09. The van der Waals surface area contributed by atoms with Crippen molar-refractivity contribution in [3.8, 4) is 0 Å². The summed E-state index contributed by atoms with van der Waals surface area (Å²) in [6, 6.07) is 4.81. The van der Waals surface area contributed by atoms with Crippen LogP contribution in [0.25, 0.3) is 0 Å². The van der Waals surface area contributed by atoms with Gasteiger partial charge in [0.2, 0.25) is 0 Å². The van der Waals surface area contributed by atoms with Crippen LogP contribution >= 0.6 is 11.3 Å². The van der Waals surface area contributed by atoms with Gasteiger partial charge in [0, 0.05) is 17.5 Å². The zero-order valence-electron chi connectivity index (χ0n) is 12.1. The summed E-state index contributed by atoms with van der Waals surface area (Å²) < 4.78 is 5.93. The molecule has 2 unspecified atom stereocenters. The summed E-state index contributed by atoms with van der Waals surface area (Å²) in [5.41, 5.74) is 0. The van der Waals surface area contributed by atoms with Crippen molar-refractivity contribution in [2.45, 2.75) is 52.7 Å². The van der Waals surface area contributed by atoms with Crippen LogP contribution < -0.4 is 5.32 Å². The van der Waals surface area contributed by atoms with Crippen LogP contribution in [-0.2, 0) is 11.2 Å². The summed E-state index contributed by atoms with van der Waals surface area (Å²) in [4.78, 5) is 1.47. The molecule has 2 nitrogen and oxygen atoms in total. The number of rotatable bonds is 9. The van der Waals surface area contributed by atoms with Gasteiger partial charge in [0.1, 0.15) is 0 Å². The van der Waals surface area contributed by atoms with Crippen LogP contribution in [-0.4, -0.2) is 25.3 Å². The van der Waals surface area contributed by atoms with Gasteiger partial charge in [-0.15, -0.1) is 11.3 Å². The molecule has 1 aromatic heterocycles. The molecule has 1 aromatic rings. The molecule has 0 aromatic carbocycles. The Labute approximate surface area is 116 Å². The van der Waals surface area contributed by atoms with E-state index in [9.17, 15) is 0 Å². The minimum absolute atomic E-state index is 0.315. The first kappa shape index (κ1) is 15.7. The fourth-order valence-electron chi connectivity index (χ4n) is 2.36. The molecule has 1 heterocycles. The van der Waals surface area contributed by atoms with Gasteiger partial charge in [-0.25, -0.2) is 0 Å². The normalized spacial score (nSPS) is 14.9. The zero-order chi connectivity index (χ0) is 13.4. The number of hydrogen-bond acceptors (Lipinski definition) is 3. The lowest BCUT2D eigenvalue weighted by atomic mass is 9.95. The molecule has 0 aliphatic rings. The topological polar surface area (TPSA) is 21.3 Å². The van der Waals surface area contributed by atoms with Gasteiger partial charge in [0.15, 0.2) is 0 Å². The van der Waals surface area contributed by atoms with Crippen molar-refractivity contribution in [2.75, 3.05) is 13.2 Å². The van der Waals surface area contributed by atoms with E-state index in [1.807, 2.05) is 11.3 Å². The molecule has 0 spiro atoms. The largest absolute Gasteiger partial charge is 0.377 e. The first-order valence-corrected chi connectivity index (χ1v) is 7.94. The summed E-state index contributed by atoms with van der Waals surface area (Å²) in [5.74, 6) is 0.553. The Morgan fingerprint density at radius 1 is 1.33 bits per heavy atom. The maximum Gasteiger partial charge on any atom is 0.0750 e. The van der Waals surface area contributed by atoms with E-state index in [1.54, 1.807) is 0 Å². The monoisotopic (exact) mass is 269 g/mol. The summed E-state index contributed by atoms with van der Waals surface area (Å²) in [6.45, 7) is 10.5. The van der Waals surface area contributed by atoms with Crippen molar-refractivity contribution in [2.24, 2.45) is 5.92 Å². The van der Waals surface area contributed by atoms with Gasteiger partial charge in [0.05, 0.1) is 6.10 Å². The summed E-state index contributed by atoms with van der Waals surface area (Å²) in [6.07, 6.45) is 2.61. The van der Waals surface area contributed by atoms with Crippen LogP contribution in [0.3, 0.4) is 0 Å². The molecule has 0 aliphatic heterocycles. The van der Waals surface area contributed by atoms with E-state index in [0.29, 0.717) is 18.1 Å². The second-order valence-corrected chi connectivity index (χ2v) is 5.98. The Morgan fingerprint density at radius 2 is 2.11 bits per heavy atom. The number of nitrogens with one attached hydrogen (secondary N) is 1. The lowest BCUT2D eigenvalue weighted by Gasteiger charge is -2.30. The fraction of sp³-hybridized carbons (Fsp3) is 0.733. The van der Waals surface area contributed by atoms with Gasteiger partial charge in [-0.2, -0.15) is 0 Å². The van der Waals surface area contributed by atoms with Crippen molar-refractivity contribution in [3.05, 3.63) is 22.4 Å². The number of likely N-dealkylation sites (N-methyl/N-ethyl adjacent to an activating group) is 1. The molecule has 0 amide bonds. The second kappa shape index (κ2) is 8.68. The van der Waals surface area contributed by atoms with Crippen LogP contribution in [0.2, 0.25) is 0 Å². The van der Waals surface area contributed by atoms with Crippen molar-refractivity contribution in [3.63, 3.8) is 0 Å². The lowest BCUT2D eigenvalue weighted by molar-refractivity contribution is 0.00198. The molecule has 0 bridgehead atoms. The highest BCUT2D eigenvalue weighted by Crippen LogP contribution is 2.18. The van der Waals surface area contributed by atoms with Crippen molar-refractivity contribution in [1.29, 1.82) is 0 Å². The van der Waals surface area contributed by atoms with Crippen LogP contribution in [0, 0.1) is 5.92 Å². The highest BCUT2D eigenvalue weighted by Gasteiger charge is 2.24. The van der Waals surface area contributed by atoms with Crippen molar-refractivity contribution >= 4 is 11.3 Å². The van der Waals surface area contributed by atoms with Gasteiger partial charge in [-0.1, -0.05) is 26.8 Å². The molecular weight excluding hydrogens is 242 g/mol. The second-order valence-electron chi connectivity index (χ2n) is 4.95. The third-order valence-electron chi connectivity index (χ3n) is 3.16. The zero-order valence-corrected chi connectivity index (χ0v) is 12.9. The number of ether oxygens (including phenoxy) is 1. The van der Waals surface area contributed by atoms with Crippen molar-refractivity contribution < 1.29 is 4.74 Å². The Balaban J connectivity index is 2.55. The van der Waals surface area contributed by atoms with Gasteiger partial charge in [-0.05, 0) is 43.7 Å². The smallest absolute Gasteiger partial charge is 0.0750 e. The van der Waals surface area contributed by atoms with Gasteiger partial charge in [0.25, 0.3) is 0 Å². The Hall–Kier alpha value is -0.380. The summed E-state index contributed by atoms with van der Waals surface area (Å²) >= 11 is 1.85. The van der Waals surface area contributed by atoms with E-state index in [2.05, 4.69) is 50.5 Å². The minimum atomic E-state index is 0.315. The van der Waals surface area contributed by atoms with Crippen LogP contribution in [0.5, 0.6) is 0 Å². The molecule has 0 aliphatic carbocycles. The molecule has 0 radical (unpaired) electrons. The van der Waals surface area contributed by atoms with Gasteiger partial charge in [-0.3, -0.25) is 0 Å². The molecule has 104 valence electrons. The van der Waals surface area contributed by atoms with Gasteiger partial charge >= 0.3 is 0 Å². The van der Waals surface area contributed by atoms with Gasteiger partial charge < -0.3 is 10.1 Å². The van der Waals surface area contributed by atoms with E-state index in [-0.39, 0.29) is 0 Å². The summed E-state index contributed by atoms with van der Waals surface area (Å²) in [7, 11) is 0. The molecule has 0 saturated carbocycles. The highest BCUT2D eigenvalue weighted by molar-refractivity contribution is 7.09. The molecule has 3 heteroatoms. The Morgan fingerprint density at radius 3 is 2.61 bits per heavy atom. The quantitative estimate of drug-likeness (QED) is 0.738. The standard InChI is InChI=1S/C15H27NOS/c1-5-16-14(15(12(3)4)17-6-2)10-9-13-8-7-11-18-13/h7-8,11-12,14-16H,5-6,9-10H2,1-4H3. The minimum Gasteiger partial charge on any atom is -0.377 e. The van der Waals surface area contributed by atoms with E-state index < -0.39 is 0 Å². The number of hydrogen-bond donors (Lipinski definition) is 1. The molecule has 0 fully saturated rings. The predicted octanol–water partition coefficient (Wildman–Crippen LogP) is 3.72. The molecule has 1 rings (SSSR count). The molecule has 18 heavy (non-hydrogen) atoms. The molecule has 1 N–H and O–H groups in total. The van der Waals surface area contributed by atoms with Crippen LogP contribution in [0.1, 0.15) is 39.0 Å². The lowest BCUT2D eigenvalue weighted by Crippen LogP contribution is -2.44. The SMILES string of the molecule is CCNC(CCc1cccs1)C(OCC)C(C)C. The van der Waals surface area contributed by atoms with Crippen LogP contribution in [0.15, 0.2) is 17.5 Å². The van der Waals surface area contributed by atoms with Crippen LogP contribution in [0.4, 0.5) is 0 Å². The van der Waals surface area contributed by atoms with E-state index in [0.717, 1.165) is 26.0 Å². The number of thiophene rings is 1. The average Bonchev–Trinajstić information content (AvgIpc) is 2.84. The number of aryl methyl sites for hydroxylation is 1. The third-order valence-corrected chi connectivity index (χ3v) is 4.10. The summed E-state index contributed by atoms with van der Waals surface area (Å²) in [5, 5.41) is 5.74. The van der Waals surface area contributed by atoms with Crippen molar-refractivity contribution in [1.82, 2.24) is 5.32 Å². The predicted molar refractivity (Wildman–Crippen MR) is 80.4 cm³/mol. The first-order valence-electron chi connectivity index (χ1n) is 7.06. The maximum absolute atomic E-state index is 5.93. The maximum atomic E-state index is 5.93.